The summed E-state index contributed by atoms with van der Waals surface area (Å²) in [5.74, 6) is 4.73. The van der Waals surface area contributed by atoms with Gasteiger partial charge in [-0.3, -0.25) is 4.79 Å². The second kappa shape index (κ2) is 11.9. The number of fused-ring (bicyclic) bond motifs is 1. The van der Waals surface area contributed by atoms with Crippen LogP contribution in [0.2, 0.25) is 0 Å². The van der Waals surface area contributed by atoms with Crippen LogP contribution in [0.1, 0.15) is 44.2 Å². The molecule has 186 valence electrons. The fraction of sp³-hybridized carbons (Fsp3) is 0.370. The van der Waals surface area contributed by atoms with E-state index in [1.54, 1.807) is 6.92 Å². The van der Waals surface area contributed by atoms with E-state index in [4.69, 9.17) is 4.74 Å². The topological polar surface area (TPSA) is 97.6 Å². The number of rotatable bonds is 12. The van der Waals surface area contributed by atoms with Gasteiger partial charge in [-0.05, 0) is 62.2 Å². The molecule has 35 heavy (non-hydrogen) atoms. The monoisotopic (exact) mass is 496 g/mol. The first-order chi connectivity index (χ1) is 16.7. The Bertz CT molecular complexity index is 1330. The average molecular weight is 497 g/mol. The zero-order chi connectivity index (χ0) is 25.4. The number of nitrogens with one attached hydrogen (secondary N) is 1. The summed E-state index contributed by atoms with van der Waals surface area (Å²) in [5, 5.41) is 10.8. The lowest BCUT2D eigenvalue weighted by atomic mass is 10.0. The van der Waals surface area contributed by atoms with Crippen LogP contribution >= 0.6 is 0 Å². The average Bonchev–Trinajstić information content (AvgIpc) is 3.15. The minimum absolute atomic E-state index is 0.0319. The molecule has 3 rings (SSSR count). The molecule has 1 atom stereocenters. The number of aryl methyl sites for hydroxylation is 2. The van der Waals surface area contributed by atoms with E-state index < -0.39 is 22.0 Å². The number of benzene rings is 2. The third kappa shape index (κ3) is 6.87. The Balaban J connectivity index is 1.83. The van der Waals surface area contributed by atoms with Crippen molar-refractivity contribution in [3.8, 4) is 17.6 Å². The Hall–Kier alpha value is -3.28. The van der Waals surface area contributed by atoms with Gasteiger partial charge in [0.15, 0.2) is 0 Å². The number of ether oxygens (including phenoxy) is 1. The molecule has 7 nitrogen and oxygen atoms in total. The molecule has 8 heteroatoms. The number of hydrogen-bond donors (Lipinski definition) is 2. The van der Waals surface area contributed by atoms with Crippen molar-refractivity contribution in [1.82, 2.24) is 9.29 Å². The van der Waals surface area contributed by atoms with Crippen molar-refractivity contribution in [2.45, 2.75) is 63.9 Å². The first kappa shape index (κ1) is 26.3. The lowest BCUT2D eigenvalue weighted by molar-refractivity contribution is -0.138. The number of sulfonamides is 1. The minimum atomic E-state index is -4.06. The number of carboxylic acid groups (broad SMARTS) is 1. The van der Waals surface area contributed by atoms with Crippen LogP contribution in [0.3, 0.4) is 0 Å². The molecule has 0 saturated heterocycles. The quantitative estimate of drug-likeness (QED) is 0.284. The number of aliphatic carboxylic acids is 1. The number of carbonyl (C=O) groups is 1. The Kier molecular flexibility index (Phi) is 8.96. The predicted molar refractivity (Wildman–Crippen MR) is 137 cm³/mol. The Morgan fingerprint density at radius 3 is 2.57 bits per heavy atom. The number of aromatic nitrogens is 1. The van der Waals surface area contributed by atoms with Crippen molar-refractivity contribution >= 4 is 26.9 Å². The second-order valence-corrected chi connectivity index (χ2v) is 10.2. The van der Waals surface area contributed by atoms with Crippen LogP contribution in [0, 0.1) is 18.8 Å². The fourth-order valence-electron chi connectivity index (χ4n) is 3.93. The van der Waals surface area contributed by atoms with E-state index in [-0.39, 0.29) is 17.9 Å². The largest absolute Gasteiger partial charge is 0.481 e. The molecule has 0 bridgehead atoms. The van der Waals surface area contributed by atoms with E-state index in [1.165, 1.54) is 24.3 Å². The summed E-state index contributed by atoms with van der Waals surface area (Å²) in [4.78, 5) is 12.0. The van der Waals surface area contributed by atoms with E-state index in [9.17, 15) is 18.3 Å². The molecule has 3 aromatic rings. The van der Waals surface area contributed by atoms with Gasteiger partial charge in [-0.1, -0.05) is 37.3 Å². The molecule has 0 spiro atoms. The predicted octanol–water partition coefficient (Wildman–Crippen LogP) is 4.52. The van der Waals surface area contributed by atoms with Gasteiger partial charge >= 0.3 is 5.97 Å². The van der Waals surface area contributed by atoms with Gasteiger partial charge in [0.25, 0.3) is 0 Å². The summed E-state index contributed by atoms with van der Waals surface area (Å²) in [7, 11) is -4.06. The van der Waals surface area contributed by atoms with E-state index in [1.807, 2.05) is 31.3 Å². The van der Waals surface area contributed by atoms with Gasteiger partial charge in [0, 0.05) is 30.1 Å². The number of nitrogens with zero attached hydrogens (tertiary/aromatic N) is 1. The maximum atomic E-state index is 13.0. The minimum Gasteiger partial charge on any atom is -0.481 e. The van der Waals surface area contributed by atoms with Gasteiger partial charge in [-0.25, -0.2) is 8.42 Å². The van der Waals surface area contributed by atoms with E-state index in [0.717, 1.165) is 47.8 Å². The van der Waals surface area contributed by atoms with Gasteiger partial charge in [0.2, 0.25) is 10.0 Å². The summed E-state index contributed by atoms with van der Waals surface area (Å²) in [6.07, 6.45) is 5.22. The third-order valence-electron chi connectivity index (χ3n) is 5.76. The number of hydrogen-bond acceptors (Lipinski definition) is 4. The smallest absolute Gasteiger partial charge is 0.322 e. The third-order valence-corrected chi connectivity index (χ3v) is 7.25. The summed E-state index contributed by atoms with van der Waals surface area (Å²) in [5.41, 5.74) is 2.89. The summed E-state index contributed by atoms with van der Waals surface area (Å²) in [6, 6.07) is 10.6. The van der Waals surface area contributed by atoms with Crippen LogP contribution in [0.25, 0.3) is 10.9 Å². The Labute approximate surface area is 207 Å². The van der Waals surface area contributed by atoms with E-state index in [2.05, 4.69) is 28.1 Å². The lowest BCUT2D eigenvalue weighted by Gasteiger charge is -2.15. The molecule has 0 aliphatic carbocycles. The van der Waals surface area contributed by atoms with Crippen LogP contribution in [-0.4, -0.2) is 36.7 Å². The molecule has 0 radical (unpaired) electrons. The summed E-state index contributed by atoms with van der Waals surface area (Å²) in [6.45, 7) is 6.86. The maximum Gasteiger partial charge on any atom is 0.322 e. The first-order valence-corrected chi connectivity index (χ1v) is 13.2. The zero-order valence-electron chi connectivity index (χ0n) is 20.4. The number of carboxylic acids is 1. The molecule has 2 N–H and O–H groups in total. The second-order valence-electron chi connectivity index (χ2n) is 8.48. The van der Waals surface area contributed by atoms with Crippen molar-refractivity contribution in [2.75, 3.05) is 6.61 Å². The van der Waals surface area contributed by atoms with Crippen LogP contribution in [0.4, 0.5) is 0 Å². The SMILES string of the molecule is CC#CCOc1ccc(S(=O)(=O)NC(Cc2cn(CCCCC)c3ccc(C)cc23)C(=O)O)cc1. The van der Waals surface area contributed by atoms with Crippen LogP contribution in [-0.2, 0) is 27.8 Å². The molecule has 0 aliphatic heterocycles. The summed E-state index contributed by atoms with van der Waals surface area (Å²) < 4.78 is 35.8. The van der Waals surface area contributed by atoms with Crippen molar-refractivity contribution in [3.63, 3.8) is 0 Å². The normalized spacial score (nSPS) is 12.2. The summed E-state index contributed by atoms with van der Waals surface area (Å²) >= 11 is 0. The molecule has 2 aromatic carbocycles. The van der Waals surface area contributed by atoms with Crippen LogP contribution in [0.15, 0.2) is 53.6 Å². The van der Waals surface area contributed by atoms with Crippen molar-refractivity contribution in [1.29, 1.82) is 0 Å². The van der Waals surface area contributed by atoms with Gasteiger partial charge in [-0.15, -0.1) is 5.92 Å². The molecule has 1 unspecified atom stereocenters. The molecule has 1 heterocycles. The highest BCUT2D eigenvalue weighted by Gasteiger charge is 2.27. The molecule has 0 saturated carbocycles. The highest BCUT2D eigenvalue weighted by atomic mass is 32.2. The molecule has 0 amide bonds. The maximum absolute atomic E-state index is 13.0. The Morgan fingerprint density at radius 1 is 1.17 bits per heavy atom. The highest BCUT2D eigenvalue weighted by Crippen LogP contribution is 2.25. The lowest BCUT2D eigenvalue weighted by Crippen LogP contribution is -2.42. The molecule has 0 fully saturated rings. The van der Waals surface area contributed by atoms with Gasteiger partial charge in [0.05, 0.1) is 4.90 Å². The highest BCUT2D eigenvalue weighted by molar-refractivity contribution is 7.89. The Morgan fingerprint density at radius 2 is 1.91 bits per heavy atom. The van der Waals surface area contributed by atoms with Crippen LogP contribution in [0.5, 0.6) is 5.75 Å². The number of unbranched alkanes of at least 4 members (excludes halogenated alkanes) is 2. The molecule has 1 aromatic heterocycles. The molecule has 0 aliphatic rings. The van der Waals surface area contributed by atoms with Gasteiger partial charge in [0.1, 0.15) is 18.4 Å². The van der Waals surface area contributed by atoms with Crippen molar-refractivity contribution < 1.29 is 23.1 Å². The molecular formula is C27H32N2O5S. The van der Waals surface area contributed by atoms with E-state index >= 15 is 0 Å². The van der Waals surface area contributed by atoms with Crippen molar-refractivity contribution in [2.24, 2.45) is 0 Å². The standard InChI is InChI=1S/C27H32N2O5S/c1-4-6-8-15-29-19-21(24-17-20(3)9-14-26(24)29)18-25(27(30)31)28-35(32,33)23-12-10-22(11-13-23)34-16-7-5-2/h9-14,17,19,25,28H,4,6,8,15-16,18H2,1-3H3,(H,30,31). The fourth-order valence-corrected chi connectivity index (χ4v) is 5.11. The molecular weight excluding hydrogens is 464 g/mol. The first-order valence-electron chi connectivity index (χ1n) is 11.7. The van der Waals surface area contributed by atoms with Gasteiger partial charge < -0.3 is 14.4 Å². The van der Waals surface area contributed by atoms with Crippen LogP contribution < -0.4 is 9.46 Å². The zero-order valence-corrected chi connectivity index (χ0v) is 21.2. The van der Waals surface area contributed by atoms with Gasteiger partial charge in [-0.2, -0.15) is 4.72 Å². The van der Waals surface area contributed by atoms with Crippen molar-refractivity contribution in [3.05, 3.63) is 59.8 Å². The van der Waals surface area contributed by atoms with E-state index in [0.29, 0.717) is 5.75 Å².